The molecular weight excluding hydrogens is 562 g/mol. The minimum atomic E-state index is -3.96. The van der Waals surface area contributed by atoms with Crippen molar-refractivity contribution in [2.45, 2.75) is 39.8 Å². The van der Waals surface area contributed by atoms with Gasteiger partial charge in [0.25, 0.3) is 0 Å². The van der Waals surface area contributed by atoms with Crippen LogP contribution in [0.3, 0.4) is 0 Å². The fourth-order valence-corrected chi connectivity index (χ4v) is 5.41. The molecule has 0 aliphatic heterocycles. The first kappa shape index (κ1) is 32.0. The maximum absolute atomic E-state index is 14.2. The fourth-order valence-electron chi connectivity index (χ4n) is 4.40. The van der Waals surface area contributed by atoms with Gasteiger partial charge in [0, 0.05) is 24.5 Å². The summed E-state index contributed by atoms with van der Waals surface area (Å²) in [6.45, 7) is 5.91. The number of amides is 2. The Labute approximate surface area is 248 Å². The van der Waals surface area contributed by atoms with Gasteiger partial charge in [0.1, 0.15) is 18.3 Å². The highest BCUT2D eigenvalue weighted by Crippen LogP contribution is 2.33. The summed E-state index contributed by atoms with van der Waals surface area (Å²) in [7, 11) is -2.55. The lowest BCUT2D eigenvalue weighted by Crippen LogP contribution is -2.53. The normalized spacial score (nSPS) is 12.1. The fraction of sp³-hybridized carbons (Fsp3) is 0.355. The Hall–Kier alpha value is -3.56. The Morgan fingerprint density at radius 3 is 2.27 bits per heavy atom. The maximum Gasteiger partial charge on any atom is 0.244 e. The Morgan fingerprint density at radius 1 is 1.00 bits per heavy atom. The van der Waals surface area contributed by atoms with E-state index in [4.69, 9.17) is 16.3 Å². The van der Waals surface area contributed by atoms with Gasteiger partial charge < -0.3 is 15.0 Å². The molecule has 0 saturated carbocycles. The van der Waals surface area contributed by atoms with Gasteiger partial charge in [-0.05, 0) is 47.7 Å². The molecule has 1 N–H and O–H groups in total. The van der Waals surface area contributed by atoms with E-state index in [0.29, 0.717) is 6.54 Å². The van der Waals surface area contributed by atoms with Crippen molar-refractivity contribution in [2.75, 3.05) is 30.8 Å². The largest absolute Gasteiger partial charge is 0.495 e. The van der Waals surface area contributed by atoms with E-state index in [9.17, 15) is 18.0 Å². The molecule has 0 bridgehead atoms. The summed E-state index contributed by atoms with van der Waals surface area (Å²) in [4.78, 5) is 29.4. The van der Waals surface area contributed by atoms with Gasteiger partial charge in [-0.2, -0.15) is 0 Å². The maximum atomic E-state index is 14.2. The first-order valence-corrected chi connectivity index (χ1v) is 15.6. The summed E-state index contributed by atoms with van der Waals surface area (Å²) in [5.41, 5.74) is 2.80. The molecule has 2 amide bonds. The zero-order chi connectivity index (χ0) is 30.2. The lowest BCUT2D eigenvalue weighted by molar-refractivity contribution is -0.140. The van der Waals surface area contributed by atoms with Crippen molar-refractivity contribution in [1.29, 1.82) is 0 Å². The molecule has 0 fully saturated rings. The second kappa shape index (κ2) is 14.4. The number of halogens is 1. The molecule has 0 aliphatic rings. The molecule has 10 heteroatoms. The van der Waals surface area contributed by atoms with Crippen LogP contribution in [-0.2, 0) is 32.6 Å². The van der Waals surface area contributed by atoms with E-state index < -0.39 is 28.5 Å². The Balaban J connectivity index is 2.10. The monoisotopic (exact) mass is 599 g/mol. The number of sulfonamides is 1. The Bertz CT molecular complexity index is 1450. The number of carbonyl (C=O) groups is 2. The molecule has 0 radical (unpaired) electrons. The lowest BCUT2D eigenvalue weighted by Gasteiger charge is -2.34. The molecule has 1 atom stereocenters. The van der Waals surface area contributed by atoms with Gasteiger partial charge in [-0.1, -0.05) is 80.0 Å². The highest BCUT2D eigenvalue weighted by atomic mass is 35.5. The Morgan fingerprint density at radius 2 is 1.66 bits per heavy atom. The quantitative estimate of drug-likeness (QED) is 0.303. The zero-order valence-electron chi connectivity index (χ0n) is 24.1. The van der Waals surface area contributed by atoms with Crippen LogP contribution in [0.2, 0.25) is 5.02 Å². The van der Waals surface area contributed by atoms with E-state index in [-0.39, 0.29) is 41.3 Å². The minimum absolute atomic E-state index is 0.113. The molecule has 41 heavy (non-hydrogen) atoms. The number of nitrogens with one attached hydrogen (secondary N) is 1. The van der Waals surface area contributed by atoms with Crippen LogP contribution >= 0.6 is 11.6 Å². The third-order valence-electron chi connectivity index (χ3n) is 6.65. The van der Waals surface area contributed by atoms with Crippen molar-refractivity contribution in [3.63, 3.8) is 0 Å². The summed E-state index contributed by atoms with van der Waals surface area (Å²) in [6.07, 6.45) is 1.27. The van der Waals surface area contributed by atoms with Crippen molar-refractivity contribution in [3.8, 4) is 5.75 Å². The second-order valence-electron chi connectivity index (χ2n) is 10.4. The summed E-state index contributed by atoms with van der Waals surface area (Å²) in [5.74, 6) is -0.404. The third kappa shape index (κ3) is 8.96. The van der Waals surface area contributed by atoms with E-state index in [0.717, 1.165) is 27.3 Å². The summed E-state index contributed by atoms with van der Waals surface area (Å²) < 4.78 is 32.4. The standard InChI is InChI=1S/C31H38ClN3O5S/c1-22(2)19-33-31(37)28(17-24-12-7-6-8-13-24)34(20-25-14-10-9-11-23(25)3)30(36)21-35(41(5,38)39)27-18-26(32)15-16-29(27)40-4/h6-16,18,22,28H,17,19-21H2,1-5H3,(H,33,37)/t28-/m0/s1. The number of hydrogen-bond donors (Lipinski definition) is 1. The van der Waals surface area contributed by atoms with Gasteiger partial charge in [-0.3, -0.25) is 13.9 Å². The number of nitrogens with zero attached hydrogens (tertiary/aromatic N) is 2. The minimum Gasteiger partial charge on any atom is -0.495 e. The van der Waals surface area contributed by atoms with Gasteiger partial charge in [-0.25, -0.2) is 8.42 Å². The van der Waals surface area contributed by atoms with E-state index in [1.807, 2.05) is 75.4 Å². The SMILES string of the molecule is COc1ccc(Cl)cc1N(CC(=O)N(Cc1ccccc1C)[C@@H](Cc1ccccc1)C(=O)NCC(C)C)S(C)(=O)=O. The topological polar surface area (TPSA) is 96.0 Å². The van der Waals surface area contributed by atoms with Crippen LogP contribution in [-0.4, -0.2) is 57.6 Å². The number of methoxy groups -OCH3 is 1. The number of benzene rings is 3. The summed E-state index contributed by atoms with van der Waals surface area (Å²) >= 11 is 6.21. The van der Waals surface area contributed by atoms with Crippen LogP contribution in [0.4, 0.5) is 5.69 Å². The Kier molecular flexibility index (Phi) is 11.2. The van der Waals surface area contributed by atoms with E-state index in [1.54, 1.807) is 12.1 Å². The van der Waals surface area contributed by atoms with Gasteiger partial charge >= 0.3 is 0 Å². The average molecular weight is 600 g/mol. The number of hydrogen-bond acceptors (Lipinski definition) is 5. The molecular formula is C31H38ClN3O5S. The smallest absolute Gasteiger partial charge is 0.244 e. The van der Waals surface area contributed by atoms with Crippen molar-refractivity contribution in [1.82, 2.24) is 10.2 Å². The first-order valence-electron chi connectivity index (χ1n) is 13.4. The van der Waals surface area contributed by atoms with Crippen molar-refractivity contribution >= 4 is 39.1 Å². The summed E-state index contributed by atoms with van der Waals surface area (Å²) in [5, 5.41) is 3.26. The van der Waals surface area contributed by atoms with Crippen molar-refractivity contribution in [3.05, 3.63) is 94.5 Å². The predicted octanol–water partition coefficient (Wildman–Crippen LogP) is 4.84. The van der Waals surface area contributed by atoms with Crippen LogP contribution in [0.5, 0.6) is 5.75 Å². The van der Waals surface area contributed by atoms with Crippen LogP contribution in [0.1, 0.15) is 30.5 Å². The average Bonchev–Trinajstić information content (AvgIpc) is 2.93. The molecule has 0 unspecified atom stereocenters. The van der Waals surface area contributed by atoms with Gasteiger partial charge in [-0.15, -0.1) is 0 Å². The lowest BCUT2D eigenvalue weighted by atomic mass is 10.0. The molecule has 0 aliphatic carbocycles. The molecule has 0 heterocycles. The third-order valence-corrected chi connectivity index (χ3v) is 8.01. The highest BCUT2D eigenvalue weighted by molar-refractivity contribution is 7.92. The van der Waals surface area contributed by atoms with E-state index in [1.165, 1.54) is 18.1 Å². The molecule has 0 aromatic heterocycles. The second-order valence-corrected chi connectivity index (χ2v) is 12.7. The van der Waals surface area contributed by atoms with E-state index in [2.05, 4.69) is 5.32 Å². The first-order chi connectivity index (χ1) is 19.4. The molecule has 3 aromatic rings. The number of aryl methyl sites for hydroxylation is 1. The predicted molar refractivity (Wildman–Crippen MR) is 164 cm³/mol. The molecule has 3 rings (SSSR count). The molecule has 0 saturated heterocycles. The number of ether oxygens (including phenoxy) is 1. The summed E-state index contributed by atoms with van der Waals surface area (Å²) in [6, 6.07) is 20.7. The van der Waals surface area contributed by atoms with Gasteiger partial charge in [0.15, 0.2) is 0 Å². The zero-order valence-corrected chi connectivity index (χ0v) is 25.7. The molecule has 8 nitrogen and oxygen atoms in total. The van der Waals surface area contributed by atoms with Crippen LogP contribution in [0, 0.1) is 12.8 Å². The molecule has 0 spiro atoms. The van der Waals surface area contributed by atoms with Crippen molar-refractivity contribution in [2.24, 2.45) is 5.92 Å². The number of anilines is 1. The van der Waals surface area contributed by atoms with Crippen molar-refractivity contribution < 1.29 is 22.7 Å². The van der Waals surface area contributed by atoms with Crippen LogP contribution < -0.4 is 14.4 Å². The molecule has 3 aromatic carbocycles. The number of rotatable bonds is 13. The number of carbonyl (C=O) groups excluding carboxylic acids is 2. The molecule has 220 valence electrons. The van der Waals surface area contributed by atoms with Crippen LogP contribution in [0.25, 0.3) is 0 Å². The highest BCUT2D eigenvalue weighted by Gasteiger charge is 2.34. The van der Waals surface area contributed by atoms with Gasteiger partial charge in [0.05, 0.1) is 19.1 Å². The van der Waals surface area contributed by atoms with E-state index >= 15 is 0 Å². The van der Waals surface area contributed by atoms with Gasteiger partial charge in [0.2, 0.25) is 21.8 Å². The van der Waals surface area contributed by atoms with Crippen LogP contribution in [0.15, 0.2) is 72.8 Å².